The number of hydrogen-bond donors (Lipinski definition) is 0. The van der Waals surface area contributed by atoms with E-state index in [1.165, 1.54) is 57.8 Å². The van der Waals surface area contributed by atoms with Gasteiger partial charge in [-0.25, -0.2) is 0 Å². The van der Waals surface area contributed by atoms with Crippen LogP contribution in [0.15, 0.2) is 0 Å². The monoisotopic (exact) mass is 234 g/mol. The van der Waals surface area contributed by atoms with Crippen molar-refractivity contribution in [3.8, 4) is 0 Å². The maximum atomic E-state index is 12.6. The fourth-order valence-corrected chi connectivity index (χ4v) is 4.61. The summed E-state index contributed by atoms with van der Waals surface area (Å²) in [6, 6.07) is 0. The zero-order chi connectivity index (χ0) is 11.8. The van der Waals surface area contributed by atoms with E-state index in [4.69, 9.17) is 0 Å². The molecule has 0 aromatic rings. The first kappa shape index (κ1) is 11.7. The Bertz CT molecular complexity index is 284. The van der Waals surface area contributed by atoms with Crippen molar-refractivity contribution in [1.29, 1.82) is 0 Å². The van der Waals surface area contributed by atoms with E-state index >= 15 is 0 Å². The molecule has 4 atom stereocenters. The summed E-state index contributed by atoms with van der Waals surface area (Å²) in [5.74, 6) is 4.12. The molecular formula is C16H26O. The number of ketones is 1. The van der Waals surface area contributed by atoms with Crippen LogP contribution in [0.1, 0.15) is 64.7 Å². The second-order valence-electron chi connectivity index (χ2n) is 6.68. The Morgan fingerprint density at radius 3 is 2.35 bits per heavy atom. The summed E-state index contributed by atoms with van der Waals surface area (Å²) in [6.07, 6.45) is 11.8. The summed E-state index contributed by atoms with van der Waals surface area (Å²) in [5.41, 5.74) is 0. The third-order valence-corrected chi connectivity index (χ3v) is 5.75. The molecular weight excluding hydrogens is 208 g/mol. The van der Waals surface area contributed by atoms with E-state index in [9.17, 15) is 4.79 Å². The van der Waals surface area contributed by atoms with Gasteiger partial charge in [0, 0.05) is 11.8 Å². The smallest absolute Gasteiger partial charge is 0.139 e. The van der Waals surface area contributed by atoms with Crippen LogP contribution in [0.2, 0.25) is 0 Å². The van der Waals surface area contributed by atoms with Crippen molar-refractivity contribution in [2.24, 2.45) is 29.6 Å². The Kier molecular flexibility index (Phi) is 3.28. The third-order valence-electron chi connectivity index (χ3n) is 5.75. The lowest BCUT2D eigenvalue weighted by Crippen LogP contribution is -2.24. The highest BCUT2D eigenvalue weighted by atomic mass is 16.1. The van der Waals surface area contributed by atoms with Gasteiger partial charge in [-0.3, -0.25) is 4.79 Å². The van der Waals surface area contributed by atoms with E-state index in [0.717, 1.165) is 17.8 Å². The number of fused-ring (bicyclic) bond motifs is 1. The second kappa shape index (κ2) is 4.74. The molecule has 17 heavy (non-hydrogen) atoms. The molecule has 0 heterocycles. The number of hydrogen-bond acceptors (Lipinski definition) is 1. The molecule has 0 aromatic carbocycles. The van der Waals surface area contributed by atoms with E-state index in [0.29, 0.717) is 17.6 Å². The van der Waals surface area contributed by atoms with Crippen LogP contribution in [0.25, 0.3) is 0 Å². The first-order chi connectivity index (χ1) is 8.31. The molecule has 1 heteroatoms. The number of rotatable bonds is 3. The van der Waals surface area contributed by atoms with Gasteiger partial charge in [0.2, 0.25) is 0 Å². The predicted molar refractivity (Wildman–Crippen MR) is 69.7 cm³/mol. The minimum Gasteiger partial charge on any atom is -0.299 e. The molecule has 0 aromatic heterocycles. The summed E-state index contributed by atoms with van der Waals surface area (Å²) in [5, 5.41) is 0. The molecule has 0 radical (unpaired) electrons. The highest BCUT2D eigenvalue weighted by Gasteiger charge is 2.55. The average molecular weight is 234 g/mol. The standard InChI is InChI=1S/C16H26O/c1-2-11-6-5-7-12(10-11)16(17)15-13-8-3-4-9-14(13)15/h11-15H,2-10H2,1H3. The minimum atomic E-state index is 0.448. The van der Waals surface area contributed by atoms with E-state index in [2.05, 4.69) is 6.92 Å². The fraction of sp³-hybridized carbons (Fsp3) is 0.938. The van der Waals surface area contributed by atoms with Gasteiger partial charge in [0.05, 0.1) is 0 Å². The molecule has 0 aliphatic heterocycles. The number of Topliss-reactive ketones (excluding diaryl/α,β-unsaturated/α-hetero) is 1. The summed E-state index contributed by atoms with van der Waals surface area (Å²) in [4.78, 5) is 12.6. The molecule has 1 nitrogen and oxygen atoms in total. The molecule has 96 valence electrons. The van der Waals surface area contributed by atoms with Gasteiger partial charge in [-0.05, 0) is 43.4 Å². The lowest BCUT2D eigenvalue weighted by Gasteiger charge is -2.27. The number of carbonyl (C=O) groups excluding carboxylic acids is 1. The van der Waals surface area contributed by atoms with Gasteiger partial charge in [-0.15, -0.1) is 0 Å². The molecule has 0 amide bonds. The predicted octanol–water partition coefficient (Wildman–Crippen LogP) is 4.21. The van der Waals surface area contributed by atoms with Crippen LogP contribution >= 0.6 is 0 Å². The highest BCUT2D eigenvalue weighted by molar-refractivity contribution is 5.86. The maximum Gasteiger partial charge on any atom is 0.139 e. The van der Waals surface area contributed by atoms with Gasteiger partial charge in [0.1, 0.15) is 5.78 Å². The van der Waals surface area contributed by atoms with Crippen molar-refractivity contribution in [3.63, 3.8) is 0 Å². The molecule has 3 aliphatic rings. The first-order valence-electron chi connectivity index (χ1n) is 7.85. The van der Waals surface area contributed by atoms with Crippen LogP contribution < -0.4 is 0 Å². The largest absolute Gasteiger partial charge is 0.299 e. The lowest BCUT2D eigenvalue weighted by molar-refractivity contribution is -0.126. The Labute approximate surface area is 105 Å². The van der Waals surface area contributed by atoms with Gasteiger partial charge >= 0.3 is 0 Å². The zero-order valence-corrected chi connectivity index (χ0v) is 11.2. The highest BCUT2D eigenvalue weighted by Crippen LogP contribution is 2.57. The SMILES string of the molecule is CCC1CCCC(C(=O)C2C3CCCCC32)C1. The van der Waals surface area contributed by atoms with Crippen molar-refractivity contribution < 1.29 is 4.79 Å². The molecule has 4 unspecified atom stereocenters. The summed E-state index contributed by atoms with van der Waals surface area (Å²) >= 11 is 0. The van der Waals surface area contributed by atoms with Gasteiger partial charge in [0.15, 0.2) is 0 Å². The molecule has 0 spiro atoms. The van der Waals surface area contributed by atoms with Crippen LogP contribution in [0.3, 0.4) is 0 Å². The molecule has 3 rings (SSSR count). The van der Waals surface area contributed by atoms with E-state index in [1.54, 1.807) is 0 Å². The van der Waals surface area contributed by atoms with Crippen LogP contribution in [0.4, 0.5) is 0 Å². The average Bonchev–Trinajstić information content (AvgIpc) is 3.12. The van der Waals surface area contributed by atoms with Crippen molar-refractivity contribution in [1.82, 2.24) is 0 Å². The van der Waals surface area contributed by atoms with Gasteiger partial charge in [-0.1, -0.05) is 39.0 Å². The number of carbonyl (C=O) groups is 1. The molecule has 3 fully saturated rings. The minimum absolute atomic E-state index is 0.448. The summed E-state index contributed by atoms with van der Waals surface area (Å²) < 4.78 is 0. The van der Waals surface area contributed by atoms with Crippen LogP contribution in [-0.2, 0) is 4.79 Å². The Balaban J connectivity index is 1.59. The molecule has 3 saturated carbocycles. The first-order valence-corrected chi connectivity index (χ1v) is 7.85. The van der Waals surface area contributed by atoms with Crippen LogP contribution in [0.5, 0.6) is 0 Å². The van der Waals surface area contributed by atoms with E-state index < -0.39 is 0 Å². The van der Waals surface area contributed by atoms with Crippen molar-refractivity contribution in [2.45, 2.75) is 64.7 Å². The Morgan fingerprint density at radius 1 is 1.00 bits per heavy atom. The van der Waals surface area contributed by atoms with Gasteiger partial charge in [0.25, 0.3) is 0 Å². The fourth-order valence-electron chi connectivity index (χ4n) is 4.61. The Morgan fingerprint density at radius 2 is 1.71 bits per heavy atom. The van der Waals surface area contributed by atoms with Crippen molar-refractivity contribution in [2.75, 3.05) is 0 Å². The molecule has 0 saturated heterocycles. The Hall–Kier alpha value is -0.330. The second-order valence-corrected chi connectivity index (χ2v) is 6.68. The quantitative estimate of drug-likeness (QED) is 0.715. The van der Waals surface area contributed by atoms with Crippen molar-refractivity contribution in [3.05, 3.63) is 0 Å². The van der Waals surface area contributed by atoms with E-state index in [1.807, 2.05) is 0 Å². The molecule has 0 bridgehead atoms. The maximum absolute atomic E-state index is 12.6. The third kappa shape index (κ3) is 2.18. The van der Waals surface area contributed by atoms with Crippen molar-refractivity contribution >= 4 is 5.78 Å². The normalized spacial score (nSPS) is 45.1. The molecule has 3 aliphatic carbocycles. The summed E-state index contributed by atoms with van der Waals surface area (Å²) in [6.45, 7) is 2.29. The van der Waals surface area contributed by atoms with E-state index in [-0.39, 0.29) is 0 Å². The lowest BCUT2D eigenvalue weighted by atomic mass is 9.77. The van der Waals surface area contributed by atoms with Crippen LogP contribution in [-0.4, -0.2) is 5.78 Å². The summed E-state index contributed by atoms with van der Waals surface area (Å²) in [7, 11) is 0. The van der Waals surface area contributed by atoms with Gasteiger partial charge in [-0.2, -0.15) is 0 Å². The van der Waals surface area contributed by atoms with Gasteiger partial charge < -0.3 is 0 Å². The topological polar surface area (TPSA) is 17.1 Å². The zero-order valence-electron chi connectivity index (χ0n) is 11.2. The molecule has 0 N–H and O–H groups in total. The van der Waals surface area contributed by atoms with Crippen LogP contribution in [0, 0.1) is 29.6 Å².